The van der Waals surface area contributed by atoms with Gasteiger partial charge in [0.1, 0.15) is 5.75 Å². The van der Waals surface area contributed by atoms with Crippen molar-refractivity contribution < 1.29 is 14.7 Å². The summed E-state index contributed by atoms with van der Waals surface area (Å²) in [6, 6.07) is 14.7. The van der Waals surface area contributed by atoms with Gasteiger partial charge in [-0.25, -0.2) is 0 Å². The molecule has 1 heterocycles. The maximum absolute atomic E-state index is 13.3. The molecule has 0 saturated carbocycles. The lowest BCUT2D eigenvalue weighted by molar-refractivity contribution is -0.130. The molecule has 1 N–H and O–H groups in total. The number of carbonyl (C=O) groups excluding carboxylic acids is 2. The SMILES string of the molecule is C[Si](C)(C)CN(Cc1ccccc1)C(=O)Cc1cc(O)ccc1C(=O)N1CCCC1. The van der Waals surface area contributed by atoms with Crippen LogP contribution in [0.15, 0.2) is 48.5 Å². The molecule has 3 rings (SSSR count). The fraction of sp³-hybridized carbons (Fsp3) is 0.417. The monoisotopic (exact) mass is 424 g/mol. The molecule has 30 heavy (non-hydrogen) atoms. The Morgan fingerprint density at radius 1 is 1.03 bits per heavy atom. The van der Waals surface area contributed by atoms with Crippen LogP contribution in [-0.2, 0) is 17.8 Å². The van der Waals surface area contributed by atoms with E-state index in [0.717, 1.165) is 37.7 Å². The van der Waals surface area contributed by atoms with Crippen molar-refractivity contribution in [1.29, 1.82) is 0 Å². The predicted octanol–water partition coefficient (Wildman–Crippen LogP) is 4.08. The lowest BCUT2D eigenvalue weighted by Gasteiger charge is -2.29. The van der Waals surface area contributed by atoms with Crippen LogP contribution in [0.4, 0.5) is 0 Å². The van der Waals surface area contributed by atoms with Crippen LogP contribution in [0.1, 0.15) is 34.3 Å². The van der Waals surface area contributed by atoms with Crippen LogP contribution in [0, 0.1) is 0 Å². The zero-order chi connectivity index (χ0) is 21.7. The van der Waals surface area contributed by atoms with Crippen molar-refractivity contribution >= 4 is 19.9 Å². The minimum atomic E-state index is -1.54. The van der Waals surface area contributed by atoms with E-state index in [2.05, 4.69) is 19.6 Å². The van der Waals surface area contributed by atoms with E-state index in [1.807, 2.05) is 40.1 Å². The maximum Gasteiger partial charge on any atom is 0.254 e. The summed E-state index contributed by atoms with van der Waals surface area (Å²) in [5.74, 6) is 0.0213. The normalized spacial score (nSPS) is 14.0. The smallest absolute Gasteiger partial charge is 0.254 e. The molecule has 160 valence electrons. The largest absolute Gasteiger partial charge is 0.508 e. The molecule has 1 aliphatic heterocycles. The quantitative estimate of drug-likeness (QED) is 0.682. The molecule has 1 fully saturated rings. The molecule has 2 amide bonds. The van der Waals surface area contributed by atoms with Crippen molar-refractivity contribution in [2.24, 2.45) is 0 Å². The topological polar surface area (TPSA) is 60.9 Å². The van der Waals surface area contributed by atoms with Crippen LogP contribution >= 0.6 is 0 Å². The second kappa shape index (κ2) is 9.47. The van der Waals surface area contributed by atoms with Gasteiger partial charge in [0.15, 0.2) is 0 Å². The molecule has 0 spiro atoms. The summed E-state index contributed by atoms with van der Waals surface area (Å²) in [5.41, 5.74) is 2.22. The number of phenols is 1. The standard InChI is InChI=1S/C24H32N2O3Si/c1-30(2,3)18-26(17-19-9-5-4-6-10-19)23(28)16-20-15-21(27)11-12-22(20)24(29)25-13-7-8-14-25/h4-6,9-12,15,27H,7-8,13-14,16-18H2,1-3H3. The molecule has 0 unspecified atom stereocenters. The zero-order valence-electron chi connectivity index (χ0n) is 18.2. The summed E-state index contributed by atoms with van der Waals surface area (Å²) in [7, 11) is -1.54. The molecule has 0 radical (unpaired) electrons. The first kappa shape index (κ1) is 22.1. The minimum absolute atomic E-state index is 0.0117. The van der Waals surface area contributed by atoms with Gasteiger partial charge in [-0.15, -0.1) is 0 Å². The van der Waals surface area contributed by atoms with Gasteiger partial charge in [0.05, 0.1) is 14.5 Å². The summed E-state index contributed by atoms with van der Waals surface area (Å²) in [6.45, 7) is 8.79. The number of aromatic hydroxyl groups is 1. The second-order valence-electron chi connectivity index (χ2n) is 9.31. The van der Waals surface area contributed by atoms with Gasteiger partial charge in [0.2, 0.25) is 5.91 Å². The lowest BCUT2D eigenvalue weighted by atomic mass is 10.0. The first-order valence-corrected chi connectivity index (χ1v) is 14.4. The van der Waals surface area contributed by atoms with Crippen molar-refractivity contribution in [3.8, 4) is 5.75 Å². The van der Waals surface area contributed by atoms with E-state index in [1.165, 1.54) is 6.07 Å². The number of phenolic OH excluding ortho intramolecular Hbond substituents is 1. The van der Waals surface area contributed by atoms with Crippen molar-refractivity contribution in [2.75, 3.05) is 19.3 Å². The first-order chi connectivity index (χ1) is 14.2. The molecule has 0 aromatic heterocycles. The maximum atomic E-state index is 13.3. The van der Waals surface area contributed by atoms with Crippen LogP contribution in [0.25, 0.3) is 0 Å². The Morgan fingerprint density at radius 2 is 1.70 bits per heavy atom. The Balaban J connectivity index is 1.83. The Morgan fingerprint density at radius 3 is 2.33 bits per heavy atom. The van der Waals surface area contributed by atoms with Gasteiger partial charge in [-0.1, -0.05) is 50.0 Å². The molecule has 0 bridgehead atoms. The zero-order valence-corrected chi connectivity index (χ0v) is 19.2. The fourth-order valence-electron chi connectivity index (χ4n) is 3.91. The average molecular weight is 425 g/mol. The van der Waals surface area contributed by atoms with Crippen molar-refractivity contribution in [3.63, 3.8) is 0 Å². The number of likely N-dealkylation sites (tertiary alicyclic amines) is 1. The van der Waals surface area contributed by atoms with Crippen LogP contribution < -0.4 is 0 Å². The third-order valence-electron chi connectivity index (χ3n) is 5.29. The number of rotatable bonds is 7. The highest BCUT2D eigenvalue weighted by Gasteiger charge is 2.26. The number of hydrogen-bond acceptors (Lipinski definition) is 3. The molecule has 6 heteroatoms. The van der Waals surface area contributed by atoms with Gasteiger partial charge >= 0.3 is 0 Å². The van der Waals surface area contributed by atoms with E-state index in [-0.39, 0.29) is 24.0 Å². The predicted molar refractivity (Wildman–Crippen MR) is 122 cm³/mol. The van der Waals surface area contributed by atoms with E-state index in [4.69, 9.17) is 0 Å². The highest BCUT2D eigenvalue weighted by atomic mass is 28.3. The van der Waals surface area contributed by atoms with Gasteiger partial charge in [0.25, 0.3) is 5.91 Å². The van der Waals surface area contributed by atoms with E-state index >= 15 is 0 Å². The van der Waals surface area contributed by atoms with Gasteiger partial charge in [0, 0.05) is 31.4 Å². The average Bonchev–Trinajstić information content (AvgIpc) is 3.22. The molecular weight excluding hydrogens is 392 g/mol. The minimum Gasteiger partial charge on any atom is -0.508 e. The summed E-state index contributed by atoms with van der Waals surface area (Å²) in [4.78, 5) is 30.1. The number of hydrogen-bond donors (Lipinski definition) is 1. The summed E-state index contributed by atoms with van der Waals surface area (Å²) in [6.07, 6.45) is 2.88. The fourth-order valence-corrected chi connectivity index (χ4v) is 5.34. The molecule has 1 aliphatic rings. The second-order valence-corrected chi connectivity index (χ2v) is 14.8. The van der Waals surface area contributed by atoms with E-state index in [9.17, 15) is 14.7 Å². The summed E-state index contributed by atoms with van der Waals surface area (Å²) < 4.78 is 0. The van der Waals surface area contributed by atoms with E-state index in [0.29, 0.717) is 17.7 Å². The van der Waals surface area contributed by atoms with Crippen LogP contribution in [0.2, 0.25) is 19.6 Å². The van der Waals surface area contributed by atoms with Crippen LogP contribution in [0.3, 0.4) is 0 Å². The number of carbonyl (C=O) groups is 2. The third-order valence-corrected chi connectivity index (χ3v) is 6.62. The third kappa shape index (κ3) is 5.95. The van der Waals surface area contributed by atoms with E-state index in [1.54, 1.807) is 12.1 Å². The Kier molecular flexibility index (Phi) is 6.97. The van der Waals surface area contributed by atoms with Crippen molar-refractivity contribution in [1.82, 2.24) is 9.80 Å². The molecule has 5 nitrogen and oxygen atoms in total. The first-order valence-electron chi connectivity index (χ1n) is 10.7. The van der Waals surface area contributed by atoms with Gasteiger partial charge in [-0.05, 0) is 42.2 Å². The molecule has 0 aliphatic carbocycles. The van der Waals surface area contributed by atoms with Gasteiger partial charge in [-0.2, -0.15) is 0 Å². The number of nitrogens with zero attached hydrogens (tertiary/aromatic N) is 2. The number of benzene rings is 2. The summed E-state index contributed by atoms with van der Waals surface area (Å²) >= 11 is 0. The molecular formula is C24H32N2O3Si. The number of amides is 2. The molecule has 2 aromatic carbocycles. The van der Waals surface area contributed by atoms with Crippen LogP contribution in [-0.4, -0.2) is 54.1 Å². The van der Waals surface area contributed by atoms with Crippen molar-refractivity contribution in [2.45, 2.75) is 45.4 Å². The van der Waals surface area contributed by atoms with Crippen molar-refractivity contribution in [3.05, 3.63) is 65.2 Å². The highest BCUT2D eigenvalue weighted by molar-refractivity contribution is 6.76. The Labute approximate surface area is 180 Å². The molecule has 0 atom stereocenters. The Hall–Kier alpha value is -2.60. The Bertz CT molecular complexity index is 887. The van der Waals surface area contributed by atoms with E-state index < -0.39 is 8.07 Å². The lowest BCUT2D eigenvalue weighted by Crippen LogP contribution is -2.44. The molecule has 1 saturated heterocycles. The summed E-state index contributed by atoms with van der Waals surface area (Å²) in [5, 5.41) is 10.0. The molecule has 2 aromatic rings. The van der Waals surface area contributed by atoms with Gasteiger partial charge in [-0.3, -0.25) is 9.59 Å². The highest BCUT2D eigenvalue weighted by Crippen LogP contribution is 2.22. The van der Waals surface area contributed by atoms with Gasteiger partial charge < -0.3 is 14.9 Å². The van der Waals surface area contributed by atoms with Crippen LogP contribution in [0.5, 0.6) is 5.75 Å².